The number of nitrogens with zero attached hydrogens (tertiary/aromatic N) is 1. The third-order valence-electron chi connectivity index (χ3n) is 3.87. The van der Waals surface area contributed by atoms with E-state index in [1.807, 2.05) is 6.92 Å². The van der Waals surface area contributed by atoms with Crippen LogP contribution in [-0.4, -0.2) is 36.1 Å². The molecule has 1 aromatic rings. The molecule has 2 N–H and O–H groups in total. The van der Waals surface area contributed by atoms with Crippen LogP contribution in [0.1, 0.15) is 43.0 Å². The molecular formula is C16H21ClN2O3. The molecule has 1 atom stereocenters. The molecule has 6 heteroatoms. The predicted octanol–water partition coefficient (Wildman–Crippen LogP) is 2.36. The van der Waals surface area contributed by atoms with Crippen molar-refractivity contribution in [3.05, 3.63) is 28.8 Å². The van der Waals surface area contributed by atoms with Crippen LogP contribution in [0.3, 0.4) is 0 Å². The highest BCUT2D eigenvalue weighted by Gasteiger charge is 2.26. The van der Waals surface area contributed by atoms with Gasteiger partial charge in [0.15, 0.2) is 0 Å². The molecule has 0 aliphatic carbocycles. The molecule has 1 aromatic carbocycles. The zero-order valence-corrected chi connectivity index (χ0v) is 13.4. The summed E-state index contributed by atoms with van der Waals surface area (Å²) in [7, 11) is 0. The Kier molecular flexibility index (Phi) is 5.80. The van der Waals surface area contributed by atoms with E-state index in [9.17, 15) is 9.59 Å². The Labute approximate surface area is 135 Å². The molecule has 0 saturated carbocycles. The highest BCUT2D eigenvalue weighted by atomic mass is 35.5. The molecule has 1 aliphatic rings. The standard InChI is InChI=1S/C16H21ClN2O3/c1-2-12(7-9-20)18-16(22)13-6-5-11(17)10-14(13)19-8-3-4-15(19)21/h5-6,10,12,20H,2-4,7-9H2,1H3,(H,18,22). The van der Waals surface area contributed by atoms with Crippen LogP contribution >= 0.6 is 11.6 Å². The predicted molar refractivity (Wildman–Crippen MR) is 86.3 cm³/mol. The zero-order chi connectivity index (χ0) is 16.1. The summed E-state index contributed by atoms with van der Waals surface area (Å²) < 4.78 is 0. The molecule has 5 nitrogen and oxygen atoms in total. The van der Waals surface area contributed by atoms with Crippen molar-refractivity contribution >= 4 is 29.1 Å². The number of hydrogen-bond donors (Lipinski definition) is 2. The zero-order valence-electron chi connectivity index (χ0n) is 12.6. The van der Waals surface area contributed by atoms with Gasteiger partial charge in [-0.15, -0.1) is 0 Å². The molecule has 120 valence electrons. The first-order chi connectivity index (χ1) is 10.6. The molecule has 0 spiro atoms. The maximum absolute atomic E-state index is 12.5. The SMILES string of the molecule is CCC(CCO)NC(=O)c1ccc(Cl)cc1N1CCCC1=O. The third kappa shape index (κ3) is 3.78. The van der Waals surface area contributed by atoms with Gasteiger partial charge in [0, 0.05) is 30.6 Å². The van der Waals surface area contributed by atoms with E-state index in [2.05, 4.69) is 5.32 Å². The maximum atomic E-state index is 12.5. The second-order valence-electron chi connectivity index (χ2n) is 5.40. The molecule has 1 saturated heterocycles. The highest BCUT2D eigenvalue weighted by molar-refractivity contribution is 6.31. The lowest BCUT2D eigenvalue weighted by molar-refractivity contribution is -0.117. The number of carbonyl (C=O) groups excluding carboxylic acids is 2. The summed E-state index contributed by atoms with van der Waals surface area (Å²) >= 11 is 6.03. The molecule has 22 heavy (non-hydrogen) atoms. The topological polar surface area (TPSA) is 69.6 Å². The minimum absolute atomic E-state index is 0.0127. The minimum atomic E-state index is -0.244. The van der Waals surface area contributed by atoms with E-state index in [1.165, 1.54) is 0 Å². The van der Waals surface area contributed by atoms with Crippen molar-refractivity contribution in [2.45, 2.75) is 38.6 Å². The number of rotatable bonds is 6. The van der Waals surface area contributed by atoms with Gasteiger partial charge in [-0.2, -0.15) is 0 Å². The van der Waals surface area contributed by atoms with Crippen LogP contribution in [0.15, 0.2) is 18.2 Å². The van der Waals surface area contributed by atoms with Crippen molar-refractivity contribution in [3.63, 3.8) is 0 Å². The molecule has 0 bridgehead atoms. The lowest BCUT2D eigenvalue weighted by Gasteiger charge is -2.22. The van der Waals surface area contributed by atoms with Crippen molar-refractivity contribution in [3.8, 4) is 0 Å². The van der Waals surface area contributed by atoms with Crippen molar-refractivity contribution in [2.75, 3.05) is 18.1 Å². The molecule has 1 unspecified atom stereocenters. The first-order valence-corrected chi connectivity index (χ1v) is 7.96. The fourth-order valence-electron chi connectivity index (χ4n) is 2.62. The number of hydrogen-bond acceptors (Lipinski definition) is 3. The Bertz CT molecular complexity index is 562. The molecule has 2 amide bonds. The molecule has 0 aromatic heterocycles. The number of aliphatic hydroxyl groups excluding tert-OH is 1. The summed E-state index contributed by atoms with van der Waals surface area (Å²) in [6.07, 6.45) is 2.52. The van der Waals surface area contributed by atoms with Crippen LogP contribution in [0, 0.1) is 0 Å². The highest BCUT2D eigenvalue weighted by Crippen LogP contribution is 2.28. The summed E-state index contributed by atoms with van der Waals surface area (Å²) in [4.78, 5) is 26.1. The van der Waals surface area contributed by atoms with Gasteiger partial charge in [-0.25, -0.2) is 0 Å². The minimum Gasteiger partial charge on any atom is -0.396 e. The Hall–Kier alpha value is -1.59. The lowest BCUT2D eigenvalue weighted by atomic mass is 10.1. The van der Waals surface area contributed by atoms with E-state index >= 15 is 0 Å². The van der Waals surface area contributed by atoms with Crippen LogP contribution in [0.4, 0.5) is 5.69 Å². The van der Waals surface area contributed by atoms with Crippen molar-refractivity contribution < 1.29 is 14.7 Å². The molecular weight excluding hydrogens is 304 g/mol. The molecule has 0 radical (unpaired) electrons. The first-order valence-electron chi connectivity index (χ1n) is 7.58. The number of anilines is 1. The normalized spacial score (nSPS) is 16.0. The van der Waals surface area contributed by atoms with Crippen LogP contribution in [0.2, 0.25) is 5.02 Å². The summed E-state index contributed by atoms with van der Waals surface area (Å²) in [6.45, 7) is 2.58. The summed E-state index contributed by atoms with van der Waals surface area (Å²) in [5, 5.41) is 12.4. The molecule has 2 rings (SSSR count). The molecule has 1 fully saturated rings. The molecule has 1 aliphatic heterocycles. The van der Waals surface area contributed by atoms with Crippen molar-refractivity contribution in [1.29, 1.82) is 0 Å². The van der Waals surface area contributed by atoms with Gasteiger partial charge < -0.3 is 15.3 Å². The summed E-state index contributed by atoms with van der Waals surface area (Å²) in [6, 6.07) is 4.86. The van der Waals surface area contributed by atoms with Crippen LogP contribution in [-0.2, 0) is 4.79 Å². The van der Waals surface area contributed by atoms with E-state index in [-0.39, 0.29) is 24.5 Å². The van der Waals surface area contributed by atoms with Gasteiger partial charge in [0.1, 0.15) is 0 Å². The number of carbonyl (C=O) groups is 2. The number of aliphatic hydroxyl groups is 1. The second kappa shape index (κ2) is 7.61. The summed E-state index contributed by atoms with van der Waals surface area (Å²) in [5.41, 5.74) is 1.00. The van der Waals surface area contributed by atoms with Crippen LogP contribution in [0.25, 0.3) is 0 Å². The van der Waals surface area contributed by atoms with E-state index < -0.39 is 0 Å². The fraction of sp³-hybridized carbons (Fsp3) is 0.500. The van der Waals surface area contributed by atoms with Gasteiger partial charge in [0.05, 0.1) is 11.3 Å². The van der Waals surface area contributed by atoms with Crippen LogP contribution in [0.5, 0.6) is 0 Å². The average Bonchev–Trinajstić information content (AvgIpc) is 2.92. The van der Waals surface area contributed by atoms with Gasteiger partial charge >= 0.3 is 0 Å². The third-order valence-corrected chi connectivity index (χ3v) is 4.11. The number of halogens is 1. The quantitative estimate of drug-likeness (QED) is 0.844. The Morgan fingerprint density at radius 1 is 1.50 bits per heavy atom. The Balaban J connectivity index is 2.26. The fourth-order valence-corrected chi connectivity index (χ4v) is 2.79. The van der Waals surface area contributed by atoms with E-state index in [0.29, 0.717) is 35.7 Å². The maximum Gasteiger partial charge on any atom is 0.253 e. The van der Waals surface area contributed by atoms with E-state index in [0.717, 1.165) is 12.8 Å². The Morgan fingerprint density at radius 3 is 2.86 bits per heavy atom. The van der Waals surface area contributed by atoms with Gasteiger partial charge in [0.25, 0.3) is 5.91 Å². The van der Waals surface area contributed by atoms with Crippen molar-refractivity contribution in [2.24, 2.45) is 0 Å². The average molecular weight is 325 g/mol. The smallest absolute Gasteiger partial charge is 0.253 e. The second-order valence-corrected chi connectivity index (χ2v) is 5.84. The van der Waals surface area contributed by atoms with Gasteiger partial charge in [0.2, 0.25) is 5.91 Å². The first kappa shape index (κ1) is 16.8. The number of amides is 2. The van der Waals surface area contributed by atoms with E-state index in [1.54, 1.807) is 23.1 Å². The van der Waals surface area contributed by atoms with E-state index in [4.69, 9.17) is 16.7 Å². The van der Waals surface area contributed by atoms with Gasteiger partial charge in [-0.1, -0.05) is 18.5 Å². The largest absolute Gasteiger partial charge is 0.396 e. The lowest BCUT2D eigenvalue weighted by Crippen LogP contribution is -2.36. The number of nitrogens with one attached hydrogen (secondary N) is 1. The van der Waals surface area contributed by atoms with Gasteiger partial charge in [-0.3, -0.25) is 9.59 Å². The molecule has 1 heterocycles. The van der Waals surface area contributed by atoms with Crippen LogP contribution < -0.4 is 10.2 Å². The monoisotopic (exact) mass is 324 g/mol. The number of benzene rings is 1. The summed E-state index contributed by atoms with van der Waals surface area (Å²) in [5.74, 6) is -0.231. The van der Waals surface area contributed by atoms with Crippen molar-refractivity contribution in [1.82, 2.24) is 5.32 Å². The Morgan fingerprint density at radius 2 is 2.27 bits per heavy atom. The van der Waals surface area contributed by atoms with Gasteiger partial charge in [-0.05, 0) is 37.5 Å².